The number of benzene rings is 1. The molecule has 0 fully saturated rings. The minimum atomic E-state index is 0.420. The topological polar surface area (TPSA) is 24.9 Å². The van der Waals surface area contributed by atoms with Crippen molar-refractivity contribution in [3.05, 3.63) is 36.5 Å². The van der Waals surface area contributed by atoms with Gasteiger partial charge in [-0.3, -0.25) is 0 Å². The fourth-order valence-corrected chi connectivity index (χ4v) is 1.46. The summed E-state index contributed by atoms with van der Waals surface area (Å²) in [6.07, 6.45) is 1.90. The standard InChI is InChI=1S/C12H14N2/c1-9(2)14-12-7-10-5-3-4-6-11(10)8-13-12/h3-9H,1-2H3,(H,13,14). The second-order valence-corrected chi connectivity index (χ2v) is 3.72. The summed E-state index contributed by atoms with van der Waals surface area (Å²) in [5.41, 5.74) is 0. The van der Waals surface area contributed by atoms with Gasteiger partial charge in [0.05, 0.1) is 0 Å². The van der Waals surface area contributed by atoms with Gasteiger partial charge in [-0.25, -0.2) is 4.98 Å². The van der Waals surface area contributed by atoms with Gasteiger partial charge >= 0.3 is 0 Å². The van der Waals surface area contributed by atoms with Crippen LogP contribution < -0.4 is 5.32 Å². The first-order valence-electron chi connectivity index (χ1n) is 4.87. The van der Waals surface area contributed by atoms with Crippen LogP contribution in [0.25, 0.3) is 10.8 Å². The van der Waals surface area contributed by atoms with E-state index in [0.29, 0.717) is 6.04 Å². The van der Waals surface area contributed by atoms with Crippen molar-refractivity contribution in [2.75, 3.05) is 5.32 Å². The number of nitrogens with zero attached hydrogens (tertiary/aromatic N) is 1. The molecule has 0 radical (unpaired) electrons. The van der Waals surface area contributed by atoms with Crippen LogP contribution in [0.15, 0.2) is 36.5 Å². The van der Waals surface area contributed by atoms with Crippen LogP contribution in [-0.4, -0.2) is 11.0 Å². The van der Waals surface area contributed by atoms with Crippen molar-refractivity contribution in [2.24, 2.45) is 0 Å². The Morgan fingerprint density at radius 2 is 1.86 bits per heavy atom. The van der Waals surface area contributed by atoms with Gasteiger partial charge in [-0.15, -0.1) is 0 Å². The van der Waals surface area contributed by atoms with Gasteiger partial charge in [-0.2, -0.15) is 0 Å². The molecule has 0 atom stereocenters. The normalized spacial score (nSPS) is 10.8. The maximum atomic E-state index is 4.34. The number of fused-ring (bicyclic) bond motifs is 1. The second-order valence-electron chi connectivity index (χ2n) is 3.72. The first-order chi connectivity index (χ1) is 6.75. The highest BCUT2D eigenvalue weighted by molar-refractivity contribution is 5.83. The van der Waals surface area contributed by atoms with E-state index in [2.05, 4.69) is 42.3 Å². The van der Waals surface area contributed by atoms with Crippen LogP contribution in [-0.2, 0) is 0 Å². The molecule has 0 aliphatic rings. The Morgan fingerprint density at radius 1 is 1.14 bits per heavy atom. The SMILES string of the molecule is CC(C)Nc1cc2ccccc2cn1. The molecule has 1 aromatic carbocycles. The van der Waals surface area contributed by atoms with E-state index in [4.69, 9.17) is 0 Å². The summed E-state index contributed by atoms with van der Waals surface area (Å²) in [7, 11) is 0. The third-order valence-corrected chi connectivity index (χ3v) is 2.07. The molecule has 1 aromatic heterocycles. The van der Waals surface area contributed by atoms with Gasteiger partial charge in [-0.05, 0) is 25.3 Å². The van der Waals surface area contributed by atoms with Crippen LogP contribution in [0.5, 0.6) is 0 Å². The average molecular weight is 186 g/mol. The first kappa shape index (κ1) is 9.00. The highest BCUT2D eigenvalue weighted by Crippen LogP contribution is 2.16. The Balaban J connectivity index is 2.41. The summed E-state index contributed by atoms with van der Waals surface area (Å²) >= 11 is 0. The maximum Gasteiger partial charge on any atom is 0.126 e. The maximum absolute atomic E-state index is 4.34. The molecule has 0 bridgehead atoms. The third-order valence-electron chi connectivity index (χ3n) is 2.07. The van der Waals surface area contributed by atoms with Gasteiger partial charge in [0, 0.05) is 17.6 Å². The molecule has 14 heavy (non-hydrogen) atoms. The van der Waals surface area contributed by atoms with E-state index >= 15 is 0 Å². The molecule has 1 N–H and O–H groups in total. The number of hydrogen-bond donors (Lipinski definition) is 1. The zero-order chi connectivity index (χ0) is 9.97. The van der Waals surface area contributed by atoms with Crippen molar-refractivity contribution >= 4 is 16.6 Å². The predicted octanol–water partition coefficient (Wildman–Crippen LogP) is 3.06. The Hall–Kier alpha value is -1.57. The van der Waals surface area contributed by atoms with E-state index in [1.807, 2.05) is 18.3 Å². The summed E-state index contributed by atoms with van der Waals surface area (Å²) in [4.78, 5) is 4.34. The smallest absolute Gasteiger partial charge is 0.126 e. The molecule has 0 saturated carbocycles. The van der Waals surface area contributed by atoms with Crippen molar-refractivity contribution in [3.63, 3.8) is 0 Å². The summed E-state index contributed by atoms with van der Waals surface area (Å²) in [6.45, 7) is 4.22. The van der Waals surface area contributed by atoms with Gasteiger partial charge in [-0.1, -0.05) is 24.3 Å². The quantitative estimate of drug-likeness (QED) is 0.779. The van der Waals surface area contributed by atoms with Gasteiger partial charge in [0.1, 0.15) is 5.82 Å². The lowest BCUT2D eigenvalue weighted by Gasteiger charge is -2.09. The second kappa shape index (κ2) is 3.66. The van der Waals surface area contributed by atoms with E-state index < -0.39 is 0 Å². The molecular weight excluding hydrogens is 172 g/mol. The van der Waals surface area contributed by atoms with Crippen LogP contribution >= 0.6 is 0 Å². The molecule has 2 heteroatoms. The number of nitrogens with one attached hydrogen (secondary N) is 1. The third kappa shape index (κ3) is 1.84. The Bertz CT molecular complexity index is 435. The van der Waals surface area contributed by atoms with Crippen LogP contribution in [0.2, 0.25) is 0 Å². The summed E-state index contributed by atoms with van der Waals surface area (Å²) in [6, 6.07) is 10.7. The fraction of sp³-hybridized carbons (Fsp3) is 0.250. The number of rotatable bonds is 2. The van der Waals surface area contributed by atoms with Crippen LogP contribution in [0.1, 0.15) is 13.8 Å². The largest absolute Gasteiger partial charge is 0.368 e. The van der Waals surface area contributed by atoms with Gasteiger partial charge in [0.25, 0.3) is 0 Å². The number of pyridine rings is 1. The Kier molecular flexibility index (Phi) is 2.35. The average Bonchev–Trinajstić information content (AvgIpc) is 2.17. The van der Waals surface area contributed by atoms with Crippen LogP contribution in [0.3, 0.4) is 0 Å². The molecule has 72 valence electrons. The van der Waals surface area contributed by atoms with Crippen LogP contribution in [0.4, 0.5) is 5.82 Å². The van der Waals surface area contributed by atoms with Gasteiger partial charge in [0.2, 0.25) is 0 Å². The summed E-state index contributed by atoms with van der Waals surface area (Å²) < 4.78 is 0. The molecule has 0 unspecified atom stereocenters. The number of hydrogen-bond acceptors (Lipinski definition) is 2. The van der Waals surface area contributed by atoms with E-state index in [1.165, 1.54) is 10.8 Å². The van der Waals surface area contributed by atoms with E-state index in [9.17, 15) is 0 Å². The van der Waals surface area contributed by atoms with E-state index in [-0.39, 0.29) is 0 Å². The molecule has 0 saturated heterocycles. The lowest BCUT2D eigenvalue weighted by atomic mass is 10.2. The lowest BCUT2D eigenvalue weighted by Crippen LogP contribution is -2.10. The monoisotopic (exact) mass is 186 g/mol. The van der Waals surface area contributed by atoms with Crippen molar-refractivity contribution in [1.82, 2.24) is 4.98 Å². The van der Waals surface area contributed by atoms with Gasteiger partial charge < -0.3 is 5.32 Å². The molecule has 2 nitrogen and oxygen atoms in total. The molecule has 0 aliphatic carbocycles. The fourth-order valence-electron chi connectivity index (χ4n) is 1.46. The highest BCUT2D eigenvalue weighted by atomic mass is 15.0. The molecular formula is C12H14N2. The summed E-state index contributed by atoms with van der Waals surface area (Å²) in [5, 5.41) is 5.70. The molecule has 0 aliphatic heterocycles. The Morgan fingerprint density at radius 3 is 2.57 bits per heavy atom. The summed E-state index contributed by atoms with van der Waals surface area (Å²) in [5.74, 6) is 0.943. The molecule has 0 amide bonds. The molecule has 0 spiro atoms. The highest BCUT2D eigenvalue weighted by Gasteiger charge is 1.98. The molecule has 2 rings (SSSR count). The van der Waals surface area contributed by atoms with Crippen molar-refractivity contribution in [3.8, 4) is 0 Å². The zero-order valence-electron chi connectivity index (χ0n) is 8.49. The van der Waals surface area contributed by atoms with Crippen molar-refractivity contribution < 1.29 is 0 Å². The minimum absolute atomic E-state index is 0.420. The molecule has 2 aromatic rings. The number of aromatic nitrogens is 1. The molecule has 1 heterocycles. The van der Waals surface area contributed by atoms with Crippen LogP contribution in [0, 0.1) is 0 Å². The van der Waals surface area contributed by atoms with Crippen molar-refractivity contribution in [1.29, 1.82) is 0 Å². The van der Waals surface area contributed by atoms with E-state index in [0.717, 1.165) is 5.82 Å². The van der Waals surface area contributed by atoms with Gasteiger partial charge in [0.15, 0.2) is 0 Å². The number of anilines is 1. The van der Waals surface area contributed by atoms with Crippen molar-refractivity contribution in [2.45, 2.75) is 19.9 Å². The Labute approximate surface area is 84.0 Å². The zero-order valence-corrected chi connectivity index (χ0v) is 8.49. The lowest BCUT2D eigenvalue weighted by molar-refractivity contribution is 0.890. The predicted molar refractivity (Wildman–Crippen MR) is 60.5 cm³/mol. The van der Waals surface area contributed by atoms with E-state index in [1.54, 1.807) is 0 Å². The first-order valence-corrected chi connectivity index (χ1v) is 4.87. The minimum Gasteiger partial charge on any atom is -0.368 e.